The van der Waals surface area contributed by atoms with Gasteiger partial charge in [0, 0.05) is 23.2 Å². The molecule has 0 amide bonds. The molecule has 1 aromatic rings. The summed E-state index contributed by atoms with van der Waals surface area (Å²) < 4.78 is 0. The van der Waals surface area contributed by atoms with Crippen molar-refractivity contribution in [3.05, 3.63) is 77.2 Å². The Kier molecular flexibility index (Phi) is 7.39. The number of aromatic nitrogens is 1. The zero-order chi connectivity index (χ0) is 26.4. The molecule has 4 fully saturated rings. The van der Waals surface area contributed by atoms with E-state index in [0.717, 1.165) is 41.8 Å². The molecule has 1 heterocycles. The number of rotatable bonds is 6. The highest BCUT2D eigenvalue weighted by atomic mass is 16.3. The zero-order valence-corrected chi connectivity index (χ0v) is 22.9. The highest BCUT2D eigenvalue weighted by Gasteiger charge is 2.52. The first kappa shape index (κ1) is 26.6. The predicted octanol–water partition coefficient (Wildman–Crippen LogP) is 6.12. The molecule has 0 radical (unpaired) electrons. The van der Waals surface area contributed by atoms with E-state index in [2.05, 4.69) is 56.9 Å². The second-order valence-electron chi connectivity index (χ2n) is 12.7. The first-order valence-electron chi connectivity index (χ1n) is 14.4. The molecule has 0 saturated heterocycles. The molecule has 0 unspecified atom stereocenters. The summed E-state index contributed by atoms with van der Waals surface area (Å²) >= 11 is 0. The van der Waals surface area contributed by atoms with Crippen molar-refractivity contribution in [1.82, 2.24) is 4.98 Å². The van der Waals surface area contributed by atoms with Crippen LogP contribution in [-0.4, -0.2) is 38.6 Å². The van der Waals surface area contributed by atoms with Gasteiger partial charge in [-0.3, -0.25) is 4.98 Å². The molecule has 4 aliphatic carbocycles. The molecule has 5 rings (SSSR count). The normalized spacial score (nSPS) is 37.2. The maximum atomic E-state index is 11.2. The minimum Gasteiger partial charge on any atom is -0.393 e. The van der Waals surface area contributed by atoms with Gasteiger partial charge in [0.15, 0.2) is 0 Å². The van der Waals surface area contributed by atoms with Crippen LogP contribution in [0.5, 0.6) is 0 Å². The number of hydrogen-bond donors (Lipinski definition) is 3. The molecule has 4 saturated carbocycles. The van der Waals surface area contributed by atoms with E-state index in [4.69, 9.17) is 4.98 Å². The molecule has 37 heavy (non-hydrogen) atoms. The minimum absolute atomic E-state index is 0.205. The van der Waals surface area contributed by atoms with Crippen molar-refractivity contribution in [2.45, 2.75) is 102 Å². The monoisotopic (exact) mass is 503 g/mol. The van der Waals surface area contributed by atoms with Gasteiger partial charge in [-0.25, -0.2) is 0 Å². The molecule has 0 spiro atoms. The zero-order valence-electron chi connectivity index (χ0n) is 22.9. The van der Waals surface area contributed by atoms with Crippen molar-refractivity contribution < 1.29 is 15.3 Å². The number of fused-ring (bicyclic) bond motifs is 1. The SMILES string of the molecule is C=C1C(=CC=C2CCC[C@]3(C)[C@@H]([C@H](C)C=C[C@H](O)C4(c5cccc(C)n5)CC4)CC[C@@H]23)C[C@@H](O)C[C@@H]1O. The van der Waals surface area contributed by atoms with Gasteiger partial charge in [0.2, 0.25) is 0 Å². The highest BCUT2D eigenvalue weighted by molar-refractivity contribution is 5.39. The number of allylic oxidation sites excluding steroid dienone is 4. The Labute approximate surface area is 222 Å². The number of nitrogens with zero attached hydrogens (tertiary/aromatic N) is 1. The lowest BCUT2D eigenvalue weighted by Gasteiger charge is -2.44. The summed E-state index contributed by atoms with van der Waals surface area (Å²) in [6.45, 7) is 10.9. The molecule has 1 aromatic heterocycles. The third-order valence-electron chi connectivity index (χ3n) is 10.3. The molecule has 4 heteroatoms. The molecule has 3 N–H and O–H groups in total. The van der Waals surface area contributed by atoms with Crippen LogP contribution in [0.1, 0.15) is 83.0 Å². The fraction of sp³-hybridized carbons (Fsp3) is 0.606. The summed E-state index contributed by atoms with van der Waals surface area (Å²) in [5.41, 5.74) is 5.36. The van der Waals surface area contributed by atoms with Gasteiger partial charge in [-0.15, -0.1) is 0 Å². The smallest absolute Gasteiger partial charge is 0.0832 e. The van der Waals surface area contributed by atoms with Crippen LogP contribution in [0.25, 0.3) is 0 Å². The van der Waals surface area contributed by atoms with Gasteiger partial charge in [-0.05, 0) is 105 Å². The molecule has 0 bridgehead atoms. The molecule has 4 nitrogen and oxygen atoms in total. The van der Waals surface area contributed by atoms with Crippen molar-refractivity contribution >= 4 is 0 Å². The quantitative estimate of drug-likeness (QED) is 0.409. The summed E-state index contributed by atoms with van der Waals surface area (Å²) in [5.74, 6) is 1.58. The molecule has 200 valence electrons. The van der Waals surface area contributed by atoms with E-state index in [0.29, 0.717) is 30.6 Å². The van der Waals surface area contributed by atoms with E-state index in [1.54, 1.807) is 0 Å². The molecular formula is C33H45NO3. The van der Waals surface area contributed by atoms with Gasteiger partial charge in [0.25, 0.3) is 0 Å². The first-order valence-corrected chi connectivity index (χ1v) is 14.4. The summed E-state index contributed by atoms with van der Waals surface area (Å²) in [5, 5.41) is 31.5. The van der Waals surface area contributed by atoms with Crippen LogP contribution in [0.15, 0.2) is 65.8 Å². The van der Waals surface area contributed by atoms with Gasteiger partial charge in [-0.2, -0.15) is 0 Å². The Balaban J connectivity index is 1.29. The average molecular weight is 504 g/mol. The van der Waals surface area contributed by atoms with Gasteiger partial charge in [0.05, 0.1) is 18.3 Å². The second-order valence-corrected chi connectivity index (χ2v) is 12.7. The van der Waals surface area contributed by atoms with Crippen LogP contribution in [0.2, 0.25) is 0 Å². The number of aliphatic hydroxyl groups is 3. The lowest BCUT2D eigenvalue weighted by atomic mass is 9.61. The van der Waals surface area contributed by atoms with E-state index in [1.807, 2.05) is 13.0 Å². The largest absolute Gasteiger partial charge is 0.393 e. The van der Waals surface area contributed by atoms with Crippen molar-refractivity contribution in [3.8, 4) is 0 Å². The van der Waals surface area contributed by atoms with Gasteiger partial charge in [-0.1, -0.05) is 56.4 Å². The van der Waals surface area contributed by atoms with Crippen molar-refractivity contribution in [3.63, 3.8) is 0 Å². The Bertz CT molecular complexity index is 1110. The Morgan fingerprint density at radius 1 is 1.11 bits per heavy atom. The minimum atomic E-state index is -0.639. The first-order chi connectivity index (χ1) is 17.6. The summed E-state index contributed by atoms with van der Waals surface area (Å²) in [6.07, 6.45) is 16.1. The van der Waals surface area contributed by atoms with Crippen LogP contribution in [-0.2, 0) is 5.41 Å². The number of hydrogen-bond acceptors (Lipinski definition) is 4. The molecule has 4 aliphatic rings. The fourth-order valence-corrected chi connectivity index (χ4v) is 7.87. The third-order valence-corrected chi connectivity index (χ3v) is 10.3. The predicted molar refractivity (Wildman–Crippen MR) is 149 cm³/mol. The highest BCUT2D eigenvalue weighted by Crippen LogP contribution is 2.59. The summed E-state index contributed by atoms with van der Waals surface area (Å²) in [4.78, 5) is 4.73. The van der Waals surface area contributed by atoms with Crippen LogP contribution >= 0.6 is 0 Å². The lowest BCUT2D eigenvalue weighted by molar-refractivity contribution is 0.0862. The Morgan fingerprint density at radius 3 is 2.62 bits per heavy atom. The van der Waals surface area contributed by atoms with E-state index < -0.39 is 18.3 Å². The molecule has 0 aliphatic heterocycles. The Morgan fingerprint density at radius 2 is 1.89 bits per heavy atom. The average Bonchev–Trinajstić information content (AvgIpc) is 3.60. The van der Waals surface area contributed by atoms with Crippen LogP contribution in [0, 0.1) is 30.1 Å². The maximum absolute atomic E-state index is 11.2. The van der Waals surface area contributed by atoms with E-state index in [9.17, 15) is 15.3 Å². The van der Waals surface area contributed by atoms with Crippen LogP contribution < -0.4 is 0 Å². The Hall–Kier alpha value is -2.01. The maximum Gasteiger partial charge on any atom is 0.0832 e. The van der Waals surface area contributed by atoms with Crippen molar-refractivity contribution in [2.24, 2.45) is 23.2 Å². The third kappa shape index (κ3) is 5.05. The van der Waals surface area contributed by atoms with E-state index >= 15 is 0 Å². The second kappa shape index (κ2) is 10.3. The standard InChI is InChI=1S/C33H45NO3/c1-21(10-15-31(37)33(17-18-33)30-9-5-7-22(2)34-30)27-13-14-28-24(8-6-16-32(27,28)4)11-12-25-19-26(35)20-29(36)23(25)3/h5,7,9-12,15,21,26-29,31,35-37H,3,6,8,13-14,16-20H2,1-2,4H3/t21-,26-,27-,28+,29+,31+,32-/m1/s1. The molecule has 7 atom stereocenters. The topological polar surface area (TPSA) is 73.6 Å². The van der Waals surface area contributed by atoms with Crippen LogP contribution in [0.4, 0.5) is 0 Å². The van der Waals surface area contributed by atoms with Gasteiger partial charge < -0.3 is 15.3 Å². The number of aryl methyl sites for hydroxylation is 1. The van der Waals surface area contributed by atoms with E-state index in [-0.39, 0.29) is 10.8 Å². The fourth-order valence-electron chi connectivity index (χ4n) is 7.87. The number of aliphatic hydroxyl groups excluding tert-OH is 3. The van der Waals surface area contributed by atoms with Crippen molar-refractivity contribution in [2.75, 3.05) is 0 Å². The van der Waals surface area contributed by atoms with E-state index in [1.165, 1.54) is 31.3 Å². The number of pyridine rings is 1. The summed E-state index contributed by atoms with van der Waals surface area (Å²) in [7, 11) is 0. The summed E-state index contributed by atoms with van der Waals surface area (Å²) in [6, 6.07) is 6.13. The molecule has 0 aromatic carbocycles. The molecular weight excluding hydrogens is 458 g/mol. The van der Waals surface area contributed by atoms with Gasteiger partial charge >= 0.3 is 0 Å². The van der Waals surface area contributed by atoms with Gasteiger partial charge in [0.1, 0.15) is 0 Å². The van der Waals surface area contributed by atoms with Crippen LogP contribution in [0.3, 0.4) is 0 Å². The van der Waals surface area contributed by atoms with Crippen molar-refractivity contribution in [1.29, 1.82) is 0 Å². The lowest BCUT2D eigenvalue weighted by Crippen LogP contribution is -2.35.